The van der Waals surface area contributed by atoms with Crippen molar-refractivity contribution in [3.8, 4) is 11.4 Å². The first-order valence-electron chi connectivity index (χ1n) is 10.2. The highest BCUT2D eigenvalue weighted by Crippen LogP contribution is 2.19. The van der Waals surface area contributed by atoms with Gasteiger partial charge in [0, 0.05) is 23.1 Å². The van der Waals surface area contributed by atoms with E-state index in [2.05, 4.69) is 31.1 Å². The van der Waals surface area contributed by atoms with Gasteiger partial charge in [0.25, 0.3) is 0 Å². The van der Waals surface area contributed by atoms with Crippen LogP contribution >= 0.6 is 23.2 Å². The molecule has 168 valence electrons. The van der Waals surface area contributed by atoms with Crippen LogP contribution in [0.25, 0.3) is 11.4 Å². The molecule has 33 heavy (non-hydrogen) atoms. The molecule has 1 saturated heterocycles. The summed E-state index contributed by atoms with van der Waals surface area (Å²) in [5.74, 6) is 1.11. The monoisotopic (exact) mass is 484 g/mol. The van der Waals surface area contributed by atoms with E-state index in [1.54, 1.807) is 43.4 Å². The molecule has 0 saturated carbocycles. The van der Waals surface area contributed by atoms with Crippen molar-refractivity contribution in [3.63, 3.8) is 0 Å². The van der Waals surface area contributed by atoms with Crippen LogP contribution in [0.3, 0.4) is 0 Å². The standard InChI is InChI=1S/C20H18Cl2N10O/c21-14-2-6-16(7-3-14)31-18(23-25-27-31)12-29-10-1-11-30(20(29)33)13-19-24-26-28-32(19)17-8-4-15(22)5-9-17/h2-9H,1,10-13H2. The zero-order chi connectivity index (χ0) is 22.8. The molecule has 2 aromatic carbocycles. The van der Waals surface area contributed by atoms with Crippen LogP contribution in [0.1, 0.15) is 18.1 Å². The van der Waals surface area contributed by atoms with Gasteiger partial charge >= 0.3 is 6.03 Å². The van der Waals surface area contributed by atoms with Gasteiger partial charge in [0.1, 0.15) is 0 Å². The second-order valence-electron chi connectivity index (χ2n) is 7.45. The van der Waals surface area contributed by atoms with Gasteiger partial charge in [0.15, 0.2) is 11.6 Å². The fourth-order valence-electron chi connectivity index (χ4n) is 3.65. The minimum atomic E-state index is -0.127. The van der Waals surface area contributed by atoms with E-state index in [9.17, 15) is 4.79 Å². The van der Waals surface area contributed by atoms with E-state index < -0.39 is 0 Å². The maximum absolute atomic E-state index is 13.2. The summed E-state index contributed by atoms with van der Waals surface area (Å²) >= 11 is 12.0. The number of urea groups is 1. The van der Waals surface area contributed by atoms with Gasteiger partial charge in [-0.3, -0.25) is 0 Å². The molecule has 2 aromatic heterocycles. The molecule has 4 aromatic rings. The van der Waals surface area contributed by atoms with Gasteiger partial charge in [-0.25, -0.2) is 4.79 Å². The zero-order valence-corrected chi connectivity index (χ0v) is 18.8. The fraction of sp³-hybridized carbons (Fsp3) is 0.250. The second-order valence-corrected chi connectivity index (χ2v) is 8.32. The highest BCUT2D eigenvalue weighted by Gasteiger charge is 2.29. The zero-order valence-electron chi connectivity index (χ0n) is 17.3. The minimum absolute atomic E-state index is 0.127. The first-order valence-corrected chi connectivity index (χ1v) is 10.9. The molecule has 0 N–H and O–H groups in total. The van der Waals surface area contributed by atoms with Gasteiger partial charge in [-0.2, -0.15) is 9.36 Å². The van der Waals surface area contributed by atoms with Crippen molar-refractivity contribution in [3.05, 3.63) is 70.2 Å². The molecular weight excluding hydrogens is 467 g/mol. The summed E-state index contributed by atoms with van der Waals surface area (Å²) in [5, 5.41) is 25.2. The lowest BCUT2D eigenvalue weighted by molar-refractivity contribution is 0.120. The molecule has 0 bridgehead atoms. The number of hydrogen-bond donors (Lipinski definition) is 0. The van der Waals surface area contributed by atoms with Crippen molar-refractivity contribution in [2.45, 2.75) is 19.5 Å². The molecular formula is C20H18Cl2N10O. The lowest BCUT2D eigenvalue weighted by atomic mass is 10.2. The summed E-state index contributed by atoms with van der Waals surface area (Å²) < 4.78 is 3.20. The Balaban J connectivity index is 1.32. The second kappa shape index (κ2) is 9.12. The number of aromatic nitrogens is 8. The van der Waals surface area contributed by atoms with Crippen LogP contribution in [-0.2, 0) is 13.1 Å². The Morgan fingerprint density at radius 1 is 0.697 bits per heavy atom. The van der Waals surface area contributed by atoms with E-state index in [-0.39, 0.29) is 19.1 Å². The highest BCUT2D eigenvalue weighted by atomic mass is 35.5. The molecule has 1 fully saturated rings. The van der Waals surface area contributed by atoms with Crippen molar-refractivity contribution in [1.82, 2.24) is 50.2 Å². The Labute approximate surface area is 198 Å². The Morgan fingerprint density at radius 2 is 1.12 bits per heavy atom. The fourth-order valence-corrected chi connectivity index (χ4v) is 3.90. The highest BCUT2D eigenvalue weighted by molar-refractivity contribution is 6.30. The summed E-state index contributed by atoms with van der Waals surface area (Å²) in [6.07, 6.45) is 0.802. The molecule has 0 unspecified atom stereocenters. The van der Waals surface area contributed by atoms with Crippen molar-refractivity contribution in [2.75, 3.05) is 13.1 Å². The van der Waals surface area contributed by atoms with Crippen LogP contribution in [-0.4, -0.2) is 69.3 Å². The van der Waals surface area contributed by atoms with Gasteiger partial charge in [-0.1, -0.05) is 23.2 Å². The van der Waals surface area contributed by atoms with Crippen molar-refractivity contribution >= 4 is 29.2 Å². The van der Waals surface area contributed by atoms with E-state index in [0.717, 1.165) is 17.8 Å². The smallest absolute Gasteiger partial charge is 0.317 e. The summed E-state index contributed by atoms with van der Waals surface area (Å²) in [7, 11) is 0. The van der Waals surface area contributed by atoms with Crippen molar-refractivity contribution in [2.24, 2.45) is 0 Å². The SMILES string of the molecule is O=C1N(Cc2nnnn2-c2ccc(Cl)cc2)CCCN1Cc1nnnn1-c1ccc(Cl)cc1. The third-order valence-electron chi connectivity index (χ3n) is 5.27. The number of carbonyl (C=O) groups excluding carboxylic acids is 1. The lowest BCUT2D eigenvalue weighted by Crippen LogP contribution is -2.48. The maximum Gasteiger partial charge on any atom is 0.320 e. The van der Waals surface area contributed by atoms with Crippen LogP contribution in [0, 0.1) is 0 Å². The number of rotatable bonds is 6. The Morgan fingerprint density at radius 3 is 1.55 bits per heavy atom. The number of carbonyl (C=O) groups is 1. The van der Waals surface area contributed by atoms with Crippen LogP contribution in [0.4, 0.5) is 4.79 Å². The van der Waals surface area contributed by atoms with Gasteiger partial charge in [-0.15, -0.1) is 10.2 Å². The lowest BCUT2D eigenvalue weighted by Gasteiger charge is -2.34. The Bertz CT molecular complexity index is 1160. The summed E-state index contributed by atoms with van der Waals surface area (Å²) in [5.41, 5.74) is 1.53. The van der Waals surface area contributed by atoms with Crippen LogP contribution in [0.5, 0.6) is 0 Å². The predicted molar refractivity (Wildman–Crippen MR) is 119 cm³/mol. The summed E-state index contributed by atoms with van der Waals surface area (Å²) in [6, 6.07) is 14.2. The molecule has 11 nitrogen and oxygen atoms in total. The topological polar surface area (TPSA) is 111 Å². The van der Waals surface area contributed by atoms with E-state index in [4.69, 9.17) is 23.2 Å². The van der Waals surface area contributed by atoms with Crippen LogP contribution < -0.4 is 0 Å². The van der Waals surface area contributed by atoms with Gasteiger partial charge in [0.2, 0.25) is 0 Å². The van der Waals surface area contributed by atoms with E-state index >= 15 is 0 Å². The quantitative estimate of drug-likeness (QED) is 0.413. The maximum atomic E-state index is 13.2. The van der Waals surface area contributed by atoms with Crippen LogP contribution in [0.2, 0.25) is 10.0 Å². The number of amides is 2. The molecule has 3 heterocycles. The molecule has 1 aliphatic heterocycles. The molecule has 13 heteroatoms. The van der Waals surface area contributed by atoms with E-state index in [0.29, 0.717) is 34.8 Å². The number of tetrazole rings is 2. The van der Waals surface area contributed by atoms with Crippen molar-refractivity contribution in [1.29, 1.82) is 0 Å². The first kappa shape index (κ1) is 21.3. The molecule has 0 spiro atoms. The molecule has 1 aliphatic rings. The number of nitrogens with zero attached hydrogens (tertiary/aromatic N) is 10. The minimum Gasteiger partial charge on any atom is -0.317 e. The first-order chi connectivity index (χ1) is 16.1. The third kappa shape index (κ3) is 4.50. The Kier molecular flexibility index (Phi) is 5.88. The average Bonchev–Trinajstić information content (AvgIpc) is 3.47. The number of hydrogen-bond acceptors (Lipinski definition) is 7. The summed E-state index contributed by atoms with van der Waals surface area (Å²) in [6.45, 7) is 1.75. The van der Waals surface area contributed by atoms with Crippen LogP contribution in [0.15, 0.2) is 48.5 Å². The molecule has 0 atom stereocenters. The molecule has 5 rings (SSSR count). The number of halogens is 2. The molecule has 0 radical (unpaired) electrons. The predicted octanol–water partition coefficient (Wildman–Crippen LogP) is 2.77. The summed E-state index contributed by atoms with van der Waals surface area (Å²) in [4.78, 5) is 16.7. The largest absolute Gasteiger partial charge is 0.320 e. The van der Waals surface area contributed by atoms with E-state index in [1.165, 1.54) is 0 Å². The normalized spacial score (nSPS) is 14.2. The van der Waals surface area contributed by atoms with Gasteiger partial charge in [-0.05, 0) is 75.8 Å². The van der Waals surface area contributed by atoms with E-state index in [1.807, 2.05) is 24.3 Å². The Hall–Kier alpha value is -3.57. The average molecular weight is 485 g/mol. The third-order valence-corrected chi connectivity index (χ3v) is 5.78. The molecule has 2 amide bonds. The molecule has 0 aliphatic carbocycles. The van der Waals surface area contributed by atoms with Gasteiger partial charge < -0.3 is 9.80 Å². The van der Waals surface area contributed by atoms with Crippen molar-refractivity contribution < 1.29 is 4.79 Å². The van der Waals surface area contributed by atoms with Gasteiger partial charge in [0.05, 0.1) is 24.5 Å². The number of benzene rings is 2.